The van der Waals surface area contributed by atoms with Crippen molar-refractivity contribution in [2.24, 2.45) is 0 Å². The first-order chi connectivity index (χ1) is 6.24. The van der Waals surface area contributed by atoms with Crippen molar-refractivity contribution in [3.05, 3.63) is 0 Å². The molecule has 1 amide bonds. The van der Waals surface area contributed by atoms with Crippen molar-refractivity contribution in [3.63, 3.8) is 0 Å². The minimum absolute atomic E-state index is 0.00366. The SMILES string of the molecule is C#CCC(CC)NC(=O)CCOC. The van der Waals surface area contributed by atoms with Gasteiger partial charge in [0.15, 0.2) is 0 Å². The summed E-state index contributed by atoms with van der Waals surface area (Å²) >= 11 is 0. The normalized spacial score (nSPS) is 11.8. The first-order valence-corrected chi connectivity index (χ1v) is 4.46. The second-order valence-corrected chi connectivity index (χ2v) is 2.82. The minimum Gasteiger partial charge on any atom is -0.384 e. The first kappa shape index (κ1) is 12.0. The lowest BCUT2D eigenvalue weighted by atomic mass is 10.1. The van der Waals surface area contributed by atoms with Crippen LogP contribution in [-0.2, 0) is 9.53 Å². The van der Waals surface area contributed by atoms with Crippen molar-refractivity contribution in [2.75, 3.05) is 13.7 Å². The van der Waals surface area contributed by atoms with Crippen molar-refractivity contribution in [2.45, 2.75) is 32.2 Å². The molecule has 1 atom stereocenters. The maximum absolute atomic E-state index is 11.2. The highest BCUT2D eigenvalue weighted by Crippen LogP contribution is 1.96. The van der Waals surface area contributed by atoms with Gasteiger partial charge in [0.2, 0.25) is 5.91 Å². The van der Waals surface area contributed by atoms with Gasteiger partial charge < -0.3 is 10.1 Å². The summed E-state index contributed by atoms with van der Waals surface area (Å²) < 4.78 is 4.79. The lowest BCUT2D eigenvalue weighted by molar-refractivity contribution is -0.122. The molecule has 0 aliphatic rings. The molecule has 13 heavy (non-hydrogen) atoms. The minimum atomic E-state index is 0.00366. The van der Waals surface area contributed by atoms with Crippen LogP contribution in [0.25, 0.3) is 0 Å². The van der Waals surface area contributed by atoms with Gasteiger partial charge in [-0.05, 0) is 6.42 Å². The summed E-state index contributed by atoms with van der Waals surface area (Å²) in [6.07, 6.45) is 7.01. The summed E-state index contributed by atoms with van der Waals surface area (Å²) in [7, 11) is 1.58. The molecule has 0 aliphatic heterocycles. The third-order valence-electron chi connectivity index (χ3n) is 1.76. The number of terminal acetylenes is 1. The Hall–Kier alpha value is -1.01. The van der Waals surface area contributed by atoms with Gasteiger partial charge in [-0.2, -0.15) is 0 Å². The smallest absolute Gasteiger partial charge is 0.222 e. The fourth-order valence-electron chi connectivity index (χ4n) is 0.934. The van der Waals surface area contributed by atoms with Crippen molar-refractivity contribution in [1.82, 2.24) is 5.32 Å². The van der Waals surface area contributed by atoms with Crippen LogP contribution < -0.4 is 5.32 Å². The Balaban J connectivity index is 3.67. The average Bonchev–Trinajstić information content (AvgIpc) is 2.14. The standard InChI is InChI=1S/C10H17NO2/c1-4-6-9(5-2)11-10(12)7-8-13-3/h1,9H,5-8H2,2-3H3,(H,11,12). The second kappa shape index (κ2) is 7.63. The molecular formula is C10H17NO2. The van der Waals surface area contributed by atoms with E-state index in [1.54, 1.807) is 7.11 Å². The van der Waals surface area contributed by atoms with Crippen molar-refractivity contribution in [1.29, 1.82) is 0 Å². The summed E-state index contributed by atoms with van der Waals surface area (Å²) in [6, 6.07) is 0.106. The van der Waals surface area contributed by atoms with E-state index < -0.39 is 0 Å². The van der Waals surface area contributed by atoms with E-state index in [9.17, 15) is 4.79 Å². The number of methoxy groups -OCH3 is 1. The summed E-state index contributed by atoms with van der Waals surface area (Å²) in [5, 5.41) is 2.84. The van der Waals surface area contributed by atoms with Gasteiger partial charge in [0, 0.05) is 26.0 Å². The van der Waals surface area contributed by atoms with Crippen LogP contribution in [0.1, 0.15) is 26.2 Å². The zero-order chi connectivity index (χ0) is 10.1. The molecule has 0 radical (unpaired) electrons. The molecule has 0 aromatic heterocycles. The fraction of sp³-hybridized carbons (Fsp3) is 0.700. The molecule has 0 heterocycles. The van der Waals surface area contributed by atoms with Crippen molar-refractivity contribution < 1.29 is 9.53 Å². The van der Waals surface area contributed by atoms with Crippen LogP contribution in [0.2, 0.25) is 0 Å². The lowest BCUT2D eigenvalue weighted by Crippen LogP contribution is -2.34. The number of hydrogen-bond acceptors (Lipinski definition) is 2. The van der Waals surface area contributed by atoms with Gasteiger partial charge in [0.05, 0.1) is 6.61 Å². The summed E-state index contributed by atoms with van der Waals surface area (Å²) in [5.74, 6) is 2.54. The molecule has 3 nitrogen and oxygen atoms in total. The van der Waals surface area contributed by atoms with Gasteiger partial charge in [-0.15, -0.1) is 12.3 Å². The molecule has 0 rings (SSSR count). The molecule has 0 aromatic rings. The van der Waals surface area contributed by atoms with E-state index in [0.29, 0.717) is 19.4 Å². The van der Waals surface area contributed by atoms with E-state index in [4.69, 9.17) is 11.2 Å². The van der Waals surface area contributed by atoms with Gasteiger partial charge in [0.25, 0.3) is 0 Å². The quantitative estimate of drug-likeness (QED) is 0.622. The highest BCUT2D eigenvalue weighted by molar-refractivity contribution is 5.76. The number of hydrogen-bond donors (Lipinski definition) is 1. The van der Waals surface area contributed by atoms with Crippen LogP contribution in [0.5, 0.6) is 0 Å². The summed E-state index contributed by atoms with van der Waals surface area (Å²) in [5.41, 5.74) is 0. The molecule has 1 unspecified atom stereocenters. The van der Waals surface area contributed by atoms with E-state index in [1.165, 1.54) is 0 Å². The molecule has 1 N–H and O–H groups in total. The zero-order valence-electron chi connectivity index (χ0n) is 8.30. The number of carbonyl (C=O) groups is 1. The van der Waals surface area contributed by atoms with E-state index >= 15 is 0 Å². The van der Waals surface area contributed by atoms with Gasteiger partial charge in [-0.1, -0.05) is 6.92 Å². The average molecular weight is 183 g/mol. The molecule has 74 valence electrons. The number of ether oxygens (including phenoxy) is 1. The van der Waals surface area contributed by atoms with Crippen LogP contribution in [0.15, 0.2) is 0 Å². The van der Waals surface area contributed by atoms with Gasteiger partial charge in [-0.3, -0.25) is 4.79 Å². The molecular weight excluding hydrogens is 166 g/mol. The Bertz CT molecular complexity index is 184. The van der Waals surface area contributed by atoms with E-state index in [-0.39, 0.29) is 11.9 Å². The number of amides is 1. The Kier molecular flexibility index (Phi) is 7.04. The molecule has 3 heteroatoms. The van der Waals surface area contributed by atoms with Gasteiger partial charge >= 0.3 is 0 Å². The topological polar surface area (TPSA) is 38.3 Å². The van der Waals surface area contributed by atoms with Crippen LogP contribution in [0.4, 0.5) is 0 Å². The molecule has 0 saturated heterocycles. The molecule has 0 aliphatic carbocycles. The van der Waals surface area contributed by atoms with Gasteiger partial charge in [0.1, 0.15) is 0 Å². The summed E-state index contributed by atoms with van der Waals surface area (Å²) in [6.45, 7) is 2.46. The number of nitrogens with one attached hydrogen (secondary N) is 1. The third kappa shape index (κ3) is 6.18. The van der Waals surface area contributed by atoms with E-state index in [0.717, 1.165) is 6.42 Å². The Labute approximate surface area is 79.8 Å². The molecule has 0 spiro atoms. The Morgan fingerprint density at radius 3 is 2.85 bits per heavy atom. The summed E-state index contributed by atoms with van der Waals surface area (Å²) in [4.78, 5) is 11.2. The first-order valence-electron chi connectivity index (χ1n) is 4.46. The maximum atomic E-state index is 11.2. The molecule has 0 fully saturated rings. The van der Waals surface area contributed by atoms with Gasteiger partial charge in [-0.25, -0.2) is 0 Å². The predicted octanol–water partition coefficient (Wildman–Crippen LogP) is 0.941. The number of carbonyl (C=O) groups excluding carboxylic acids is 1. The van der Waals surface area contributed by atoms with Crippen LogP contribution >= 0.6 is 0 Å². The highest BCUT2D eigenvalue weighted by atomic mass is 16.5. The Morgan fingerprint density at radius 2 is 2.38 bits per heavy atom. The van der Waals surface area contributed by atoms with Crippen molar-refractivity contribution >= 4 is 5.91 Å². The van der Waals surface area contributed by atoms with E-state index in [2.05, 4.69) is 11.2 Å². The number of rotatable bonds is 6. The second-order valence-electron chi connectivity index (χ2n) is 2.82. The molecule has 0 saturated carbocycles. The van der Waals surface area contributed by atoms with Crippen LogP contribution in [-0.4, -0.2) is 25.7 Å². The monoisotopic (exact) mass is 183 g/mol. The lowest BCUT2D eigenvalue weighted by Gasteiger charge is -2.13. The molecule has 0 aromatic carbocycles. The van der Waals surface area contributed by atoms with Crippen LogP contribution in [0, 0.1) is 12.3 Å². The largest absolute Gasteiger partial charge is 0.384 e. The fourth-order valence-corrected chi connectivity index (χ4v) is 0.934. The predicted molar refractivity (Wildman–Crippen MR) is 52.2 cm³/mol. The maximum Gasteiger partial charge on any atom is 0.222 e. The third-order valence-corrected chi connectivity index (χ3v) is 1.76. The molecule has 0 bridgehead atoms. The van der Waals surface area contributed by atoms with Crippen molar-refractivity contribution in [3.8, 4) is 12.3 Å². The highest BCUT2D eigenvalue weighted by Gasteiger charge is 2.07. The Morgan fingerprint density at radius 1 is 1.69 bits per heavy atom. The van der Waals surface area contributed by atoms with E-state index in [1.807, 2.05) is 6.92 Å². The zero-order valence-corrected chi connectivity index (χ0v) is 8.30. The van der Waals surface area contributed by atoms with Crippen LogP contribution in [0.3, 0.4) is 0 Å².